The van der Waals surface area contributed by atoms with E-state index in [9.17, 15) is 4.79 Å². The van der Waals surface area contributed by atoms with Crippen molar-refractivity contribution in [3.63, 3.8) is 0 Å². The lowest BCUT2D eigenvalue weighted by atomic mass is 10.2. The first-order valence-corrected chi connectivity index (χ1v) is 9.88. The van der Waals surface area contributed by atoms with Crippen molar-refractivity contribution in [2.45, 2.75) is 13.5 Å². The average molecular weight is 428 g/mol. The Labute approximate surface area is 167 Å². The Hall–Kier alpha value is -2.31. The highest BCUT2D eigenvalue weighted by atomic mass is 79.9. The summed E-state index contributed by atoms with van der Waals surface area (Å²) in [4.78, 5) is 15.1. The predicted octanol–water partition coefficient (Wildman–Crippen LogP) is 4.19. The lowest BCUT2D eigenvalue weighted by Crippen LogP contribution is -2.36. The van der Waals surface area contributed by atoms with E-state index in [1.165, 1.54) is 0 Å². The summed E-state index contributed by atoms with van der Waals surface area (Å²) in [6, 6.07) is 16.3. The Kier molecular flexibility index (Phi) is 5.18. The first-order chi connectivity index (χ1) is 13.1. The Balaban J connectivity index is 1.57. The van der Waals surface area contributed by atoms with E-state index in [-0.39, 0.29) is 12.5 Å². The third kappa shape index (κ3) is 3.87. The van der Waals surface area contributed by atoms with Crippen molar-refractivity contribution in [2.24, 2.45) is 0 Å². The topological polar surface area (TPSA) is 46.5 Å². The predicted molar refractivity (Wildman–Crippen MR) is 112 cm³/mol. The third-order valence-electron chi connectivity index (χ3n) is 4.90. The molecule has 1 fully saturated rings. The number of rotatable bonds is 4. The van der Waals surface area contributed by atoms with Crippen molar-refractivity contribution in [3.8, 4) is 0 Å². The fourth-order valence-electron chi connectivity index (χ4n) is 3.58. The van der Waals surface area contributed by atoms with Crippen molar-refractivity contribution < 1.29 is 9.53 Å². The van der Waals surface area contributed by atoms with Gasteiger partial charge in [0.1, 0.15) is 6.54 Å². The number of nitrogens with one attached hydrogen (secondary N) is 1. The van der Waals surface area contributed by atoms with Crippen molar-refractivity contribution in [1.29, 1.82) is 0 Å². The number of aromatic nitrogens is 1. The minimum atomic E-state index is -0.0351. The lowest BCUT2D eigenvalue weighted by Gasteiger charge is -2.30. The van der Waals surface area contributed by atoms with Gasteiger partial charge in [-0.15, -0.1) is 0 Å². The molecule has 0 radical (unpaired) electrons. The van der Waals surface area contributed by atoms with E-state index in [0.29, 0.717) is 13.2 Å². The van der Waals surface area contributed by atoms with Crippen molar-refractivity contribution in [2.75, 3.05) is 36.5 Å². The number of amides is 1. The number of aryl methyl sites for hydroxylation is 1. The number of benzene rings is 2. The van der Waals surface area contributed by atoms with Crippen LogP contribution in [0.1, 0.15) is 5.69 Å². The summed E-state index contributed by atoms with van der Waals surface area (Å²) in [6.07, 6.45) is 0. The van der Waals surface area contributed by atoms with E-state index in [1.54, 1.807) is 0 Å². The lowest BCUT2D eigenvalue weighted by molar-refractivity contribution is -0.116. The number of nitrogens with zero attached hydrogens (tertiary/aromatic N) is 2. The second-order valence-corrected chi connectivity index (χ2v) is 7.66. The van der Waals surface area contributed by atoms with Crippen LogP contribution >= 0.6 is 15.9 Å². The number of ether oxygens (including phenoxy) is 1. The van der Waals surface area contributed by atoms with Gasteiger partial charge in [-0.2, -0.15) is 0 Å². The third-order valence-corrected chi connectivity index (χ3v) is 5.40. The number of carbonyl (C=O) groups excluding carboxylic acids is 1. The number of hydrogen-bond donors (Lipinski definition) is 1. The summed E-state index contributed by atoms with van der Waals surface area (Å²) >= 11 is 3.52. The van der Waals surface area contributed by atoms with E-state index in [1.807, 2.05) is 43.3 Å². The SMILES string of the molecule is Cc1cc2ccccc2n1CC(=O)Nc1cc(Br)ccc1N1CCOCC1. The maximum Gasteiger partial charge on any atom is 0.244 e. The first-order valence-electron chi connectivity index (χ1n) is 9.09. The molecular weight excluding hydrogens is 406 g/mol. The molecule has 3 aromatic rings. The second kappa shape index (κ2) is 7.74. The molecule has 4 rings (SSSR count). The monoisotopic (exact) mass is 427 g/mol. The van der Waals surface area contributed by atoms with Gasteiger partial charge in [-0.3, -0.25) is 4.79 Å². The van der Waals surface area contributed by atoms with Gasteiger partial charge in [-0.25, -0.2) is 0 Å². The summed E-state index contributed by atoms with van der Waals surface area (Å²) in [5.41, 5.74) is 4.01. The van der Waals surface area contributed by atoms with Crippen molar-refractivity contribution in [3.05, 3.63) is 58.7 Å². The molecule has 2 aromatic carbocycles. The summed E-state index contributed by atoms with van der Waals surface area (Å²) in [5.74, 6) is -0.0351. The number of morpholine rings is 1. The zero-order valence-corrected chi connectivity index (χ0v) is 16.8. The number of hydrogen-bond acceptors (Lipinski definition) is 3. The van der Waals surface area contributed by atoms with Crippen LogP contribution in [0.25, 0.3) is 10.9 Å². The van der Waals surface area contributed by atoms with Gasteiger partial charge >= 0.3 is 0 Å². The van der Waals surface area contributed by atoms with Crippen LogP contribution in [-0.2, 0) is 16.1 Å². The fraction of sp³-hybridized carbons (Fsp3) is 0.286. The smallest absolute Gasteiger partial charge is 0.244 e. The molecule has 1 aliphatic heterocycles. The van der Waals surface area contributed by atoms with E-state index < -0.39 is 0 Å². The normalized spacial score (nSPS) is 14.5. The molecule has 0 aliphatic carbocycles. The molecule has 1 aliphatic rings. The molecule has 0 spiro atoms. The van der Waals surface area contributed by atoms with Gasteiger partial charge in [0.15, 0.2) is 0 Å². The van der Waals surface area contributed by atoms with Gasteiger partial charge in [-0.1, -0.05) is 34.1 Å². The number of anilines is 2. The molecule has 5 nitrogen and oxygen atoms in total. The van der Waals surface area contributed by atoms with Gasteiger partial charge in [0, 0.05) is 28.8 Å². The second-order valence-electron chi connectivity index (χ2n) is 6.74. The molecule has 1 N–H and O–H groups in total. The van der Waals surface area contributed by atoms with Gasteiger partial charge in [0.2, 0.25) is 5.91 Å². The zero-order valence-electron chi connectivity index (χ0n) is 15.2. The van der Waals surface area contributed by atoms with E-state index in [4.69, 9.17) is 4.74 Å². The quantitative estimate of drug-likeness (QED) is 0.678. The minimum absolute atomic E-state index is 0.0351. The van der Waals surface area contributed by atoms with Crippen LogP contribution in [0.15, 0.2) is 53.0 Å². The zero-order chi connectivity index (χ0) is 18.8. The molecule has 1 saturated heterocycles. The van der Waals surface area contributed by atoms with Crippen LogP contribution in [0.5, 0.6) is 0 Å². The average Bonchev–Trinajstić information content (AvgIpc) is 2.98. The Morgan fingerprint density at radius 2 is 1.93 bits per heavy atom. The number of halogens is 1. The highest BCUT2D eigenvalue weighted by Crippen LogP contribution is 2.30. The van der Waals surface area contributed by atoms with Gasteiger partial charge in [0.05, 0.1) is 24.6 Å². The Morgan fingerprint density at radius 1 is 1.15 bits per heavy atom. The van der Waals surface area contributed by atoms with Crippen LogP contribution in [0.3, 0.4) is 0 Å². The minimum Gasteiger partial charge on any atom is -0.378 e. The van der Waals surface area contributed by atoms with E-state index >= 15 is 0 Å². The molecule has 6 heteroatoms. The van der Waals surface area contributed by atoms with Gasteiger partial charge < -0.3 is 19.5 Å². The number of fused-ring (bicyclic) bond motifs is 1. The number of para-hydroxylation sites is 1. The molecule has 1 amide bonds. The molecule has 2 heterocycles. The van der Waals surface area contributed by atoms with E-state index in [2.05, 4.69) is 42.8 Å². The van der Waals surface area contributed by atoms with Crippen LogP contribution in [-0.4, -0.2) is 36.8 Å². The van der Waals surface area contributed by atoms with E-state index in [0.717, 1.165) is 45.5 Å². The summed E-state index contributed by atoms with van der Waals surface area (Å²) in [6.45, 7) is 5.38. The molecule has 0 unspecified atom stereocenters. The maximum absolute atomic E-state index is 12.8. The van der Waals surface area contributed by atoms with Crippen LogP contribution in [0, 0.1) is 6.92 Å². The number of carbonyl (C=O) groups is 1. The molecule has 0 bridgehead atoms. The molecule has 1 aromatic heterocycles. The fourth-order valence-corrected chi connectivity index (χ4v) is 3.94. The summed E-state index contributed by atoms with van der Waals surface area (Å²) < 4.78 is 8.44. The van der Waals surface area contributed by atoms with Crippen LogP contribution < -0.4 is 10.2 Å². The van der Waals surface area contributed by atoms with Gasteiger partial charge in [-0.05, 0) is 42.6 Å². The van der Waals surface area contributed by atoms with Crippen molar-refractivity contribution in [1.82, 2.24) is 4.57 Å². The van der Waals surface area contributed by atoms with Crippen LogP contribution in [0.2, 0.25) is 0 Å². The Morgan fingerprint density at radius 3 is 2.74 bits per heavy atom. The molecule has 140 valence electrons. The molecule has 0 atom stereocenters. The summed E-state index contributed by atoms with van der Waals surface area (Å²) in [7, 11) is 0. The standard InChI is InChI=1S/C21H22BrN3O2/c1-15-12-16-4-2-3-5-19(16)25(15)14-21(26)23-18-13-17(22)6-7-20(18)24-8-10-27-11-9-24/h2-7,12-13H,8-11,14H2,1H3,(H,23,26). The highest BCUT2D eigenvalue weighted by molar-refractivity contribution is 9.10. The van der Waals surface area contributed by atoms with Crippen molar-refractivity contribution >= 4 is 44.1 Å². The molecule has 0 saturated carbocycles. The molecular formula is C21H22BrN3O2. The maximum atomic E-state index is 12.8. The largest absolute Gasteiger partial charge is 0.378 e. The summed E-state index contributed by atoms with van der Waals surface area (Å²) in [5, 5.41) is 4.26. The highest BCUT2D eigenvalue weighted by Gasteiger charge is 2.17. The van der Waals surface area contributed by atoms with Crippen LogP contribution in [0.4, 0.5) is 11.4 Å². The Bertz CT molecular complexity index is 977. The molecule has 27 heavy (non-hydrogen) atoms. The van der Waals surface area contributed by atoms with Gasteiger partial charge in [0.25, 0.3) is 0 Å². The first kappa shape index (κ1) is 18.1.